The topological polar surface area (TPSA) is 21.3 Å². The quantitative estimate of drug-likeness (QED) is 0.675. The van der Waals surface area contributed by atoms with E-state index in [2.05, 4.69) is 37.2 Å². The monoisotopic (exact) mass is 415 g/mol. The van der Waals surface area contributed by atoms with E-state index >= 15 is 0 Å². The number of halogens is 3. The molecule has 0 aromatic heterocycles. The van der Waals surface area contributed by atoms with Gasteiger partial charge in [-0.25, -0.2) is 4.39 Å². The Kier molecular flexibility index (Phi) is 5.27. The van der Waals surface area contributed by atoms with Gasteiger partial charge >= 0.3 is 0 Å². The summed E-state index contributed by atoms with van der Waals surface area (Å²) < 4.78 is 21.0. The van der Waals surface area contributed by atoms with Crippen LogP contribution in [0.15, 0.2) is 39.3 Å². The lowest BCUT2D eigenvalue weighted by atomic mass is 10.1. The molecule has 0 aliphatic carbocycles. The van der Waals surface area contributed by atoms with Crippen molar-refractivity contribution in [2.45, 2.75) is 19.9 Å². The van der Waals surface area contributed by atoms with Gasteiger partial charge in [0, 0.05) is 20.6 Å². The number of methoxy groups -OCH3 is 1. The van der Waals surface area contributed by atoms with Crippen molar-refractivity contribution in [3.63, 3.8) is 0 Å². The zero-order valence-corrected chi connectivity index (χ0v) is 15.2. The van der Waals surface area contributed by atoms with E-state index in [0.717, 1.165) is 20.2 Å². The molecule has 2 nitrogen and oxygen atoms in total. The van der Waals surface area contributed by atoms with Gasteiger partial charge in [0.25, 0.3) is 0 Å². The average Bonchev–Trinajstić information content (AvgIpc) is 2.42. The molecule has 0 radical (unpaired) electrons. The van der Waals surface area contributed by atoms with Gasteiger partial charge in [-0.3, -0.25) is 0 Å². The van der Waals surface area contributed by atoms with Crippen LogP contribution >= 0.6 is 31.9 Å². The van der Waals surface area contributed by atoms with Crippen LogP contribution in [0.1, 0.15) is 24.1 Å². The van der Waals surface area contributed by atoms with Gasteiger partial charge in [-0.1, -0.05) is 6.07 Å². The maximum Gasteiger partial charge on any atom is 0.132 e. The van der Waals surface area contributed by atoms with Crippen molar-refractivity contribution in [3.8, 4) is 5.75 Å². The first-order chi connectivity index (χ1) is 9.92. The Balaban J connectivity index is 2.28. The van der Waals surface area contributed by atoms with E-state index in [1.54, 1.807) is 12.1 Å². The number of benzene rings is 2. The Morgan fingerprint density at radius 1 is 1.14 bits per heavy atom. The van der Waals surface area contributed by atoms with Gasteiger partial charge in [-0.2, -0.15) is 0 Å². The number of hydrogen-bond donors (Lipinski definition) is 1. The molecular weight excluding hydrogens is 401 g/mol. The predicted molar refractivity (Wildman–Crippen MR) is 91.6 cm³/mol. The maximum absolute atomic E-state index is 14.1. The summed E-state index contributed by atoms with van der Waals surface area (Å²) in [5.41, 5.74) is 2.64. The van der Waals surface area contributed by atoms with Crippen molar-refractivity contribution in [1.82, 2.24) is 0 Å². The summed E-state index contributed by atoms with van der Waals surface area (Å²) in [6, 6.07) is 8.75. The van der Waals surface area contributed by atoms with E-state index in [9.17, 15) is 4.39 Å². The van der Waals surface area contributed by atoms with Crippen molar-refractivity contribution in [2.75, 3.05) is 12.4 Å². The highest BCUT2D eigenvalue weighted by Crippen LogP contribution is 2.35. The first kappa shape index (κ1) is 16.3. The molecule has 21 heavy (non-hydrogen) atoms. The highest BCUT2D eigenvalue weighted by atomic mass is 79.9. The Hall–Kier alpha value is -1.07. The summed E-state index contributed by atoms with van der Waals surface area (Å²) in [7, 11) is 1.52. The van der Waals surface area contributed by atoms with Gasteiger partial charge in [0.15, 0.2) is 0 Å². The molecule has 1 atom stereocenters. The molecule has 2 aromatic carbocycles. The van der Waals surface area contributed by atoms with Crippen LogP contribution in [-0.4, -0.2) is 7.11 Å². The van der Waals surface area contributed by atoms with Crippen LogP contribution < -0.4 is 10.1 Å². The van der Waals surface area contributed by atoms with E-state index in [4.69, 9.17) is 4.74 Å². The van der Waals surface area contributed by atoms with Crippen LogP contribution in [0.3, 0.4) is 0 Å². The summed E-state index contributed by atoms with van der Waals surface area (Å²) in [5, 5.41) is 3.33. The van der Waals surface area contributed by atoms with Gasteiger partial charge < -0.3 is 10.1 Å². The van der Waals surface area contributed by atoms with Gasteiger partial charge in [0.05, 0.1) is 18.8 Å². The van der Waals surface area contributed by atoms with Gasteiger partial charge in [-0.05, 0) is 69.5 Å². The molecule has 2 rings (SSSR count). The third-order valence-corrected chi connectivity index (χ3v) is 4.47. The van der Waals surface area contributed by atoms with E-state index in [1.807, 2.05) is 26.0 Å². The second kappa shape index (κ2) is 6.79. The summed E-state index contributed by atoms with van der Waals surface area (Å²) in [6.07, 6.45) is 0. The molecule has 112 valence electrons. The van der Waals surface area contributed by atoms with Crippen molar-refractivity contribution >= 4 is 37.5 Å². The average molecular weight is 417 g/mol. The molecule has 0 aliphatic rings. The fraction of sp³-hybridized carbons (Fsp3) is 0.250. The minimum absolute atomic E-state index is 0.175. The summed E-state index contributed by atoms with van der Waals surface area (Å²) in [5.74, 6) is 0.231. The first-order valence-electron chi connectivity index (χ1n) is 6.48. The number of rotatable bonds is 4. The van der Waals surface area contributed by atoms with E-state index < -0.39 is 0 Å². The third kappa shape index (κ3) is 3.77. The molecule has 1 unspecified atom stereocenters. The Morgan fingerprint density at radius 2 is 1.76 bits per heavy atom. The Bertz CT molecular complexity index is 638. The second-order valence-corrected chi connectivity index (χ2v) is 6.57. The minimum atomic E-state index is -0.284. The smallest absolute Gasteiger partial charge is 0.132 e. The van der Waals surface area contributed by atoms with Gasteiger partial charge in [-0.15, -0.1) is 0 Å². The second-order valence-electron chi connectivity index (χ2n) is 4.86. The molecule has 0 fully saturated rings. The molecule has 0 bridgehead atoms. The van der Waals surface area contributed by atoms with Crippen LogP contribution in [-0.2, 0) is 0 Å². The summed E-state index contributed by atoms with van der Waals surface area (Å²) in [6.45, 7) is 3.94. The highest BCUT2D eigenvalue weighted by molar-refractivity contribution is 9.11. The lowest BCUT2D eigenvalue weighted by Crippen LogP contribution is -2.09. The predicted octanol–water partition coefficient (Wildman–Crippen LogP) is 5.84. The Labute approximate surface area is 141 Å². The first-order valence-corrected chi connectivity index (χ1v) is 8.06. The summed E-state index contributed by atoms with van der Waals surface area (Å²) >= 11 is 7.07. The number of aryl methyl sites for hydroxylation is 1. The van der Waals surface area contributed by atoms with Crippen molar-refractivity contribution in [1.29, 1.82) is 0 Å². The van der Waals surface area contributed by atoms with E-state index in [0.29, 0.717) is 11.3 Å². The zero-order valence-electron chi connectivity index (χ0n) is 12.0. The standard InChI is InChI=1S/C16H16Br2FNO/c1-9-6-13(17)16(14(18)7-9)20-10(2)12-5-4-11(21-3)8-15(12)19/h4-8,10,20H,1-3H3. The van der Waals surface area contributed by atoms with E-state index in [-0.39, 0.29) is 11.9 Å². The Morgan fingerprint density at radius 3 is 2.29 bits per heavy atom. The molecule has 2 aromatic rings. The molecule has 0 heterocycles. The molecule has 0 aliphatic heterocycles. The largest absolute Gasteiger partial charge is 0.497 e. The zero-order chi connectivity index (χ0) is 15.6. The van der Waals surface area contributed by atoms with E-state index in [1.165, 1.54) is 13.2 Å². The fourth-order valence-electron chi connectivity index (χ4n) is 2.12. The molecule has 0 amide bonds. The molecule has 5 heteroatoms. The van der Waals surface area contributed by atoms with Crippen molar-refractivity contribution in [2.24, 2.45) is 0 Å². The van der Waals surface area contributed by atoms with Crippen molar-refractivity contribution in [3.05, 3.63) is 56.2 Å². The minimum Gasteiger partial charge on any atom is -0.497 e. The number of hydrogen-bond acceptors (Lipinski definition) is 2. The molecule has 0 saturated carbocycles. The lowest BCUT2D eigenvalue weighted by Gasteiger charge is -2.19. The number of nitrogens with one attached hydrogen (secondary N) is 1. The van der Waals surface area contributed by atoms with Crippen LogP contribution in [0.4, 0.5) is 10.1 Å². The summed E-state index contributed by atoms with van der Waals surface area (Å²) in [4.78, 5) is 0. The van der Waals surface area contributed by atoms with Crippen LogP contribution in [0.2, 0.25) is 0 Å². The maximum atomic E-state index is 14.1. The van der Waals surface area contributed by atoms with Crippen molar-refractivity contribution < 1.29 is 9.13 Å². The third-order valence-electron chi connectivity index (χ3n) is 3.22. The molecular formula is C16H16Br2FNO. The lowest BCUT2D eigenvalue weighted by molar-refractivity contribution is 0.410. The normalized spacial score (nSPS) is 12.1. The van der Waals surface area contributed by atoms with Crippen LogP contribution in [0.5, 0.6) is 5.75 Å². The van der Waals surface area contributed by atoms with Crippen LogP contribution in [0.25, 0.3) is 0 Å². The fourth-order valence-corrected chi connectivity index (χ4v) is 3.76. The number of anilines is 1. The van der Waals surface area contributed by atoms with Crippen LogP contribution in [0, 0.1) is 12.7 Å². The van der Waals surface area contributed by atoms with Gasteiger partial charge in [0.1, 0.15) is 11.6 Å². The molecule has 0 saturated heterocycles. The molecule has 0 spiro atoms. The number of ether oxygens (including phenoxy) is 1. The molecule has 1 N–H and O–H groups in total. The SMILES string of the molecule is COc1ccc(C(C)Nc2c(Br)cc(C)cc2Br)c(F)c1. The highest BCUT2D eigenvalue weighted by Gasteiger charge is 2.15. The van der Waals surface area contributed by atoms with Gasteiger partial charge in [0.2, 0.25) is 0 Å².